The predicted octanol–water partition coefficient (Wildman–Crippen LogP) is 1.43. The lowest BCUT2D eigenvalue weighted by molar-refractivity contribution is 0.119. The van der Waals surface area contributed by atoms with E-state index in [9.17, 15) is 5.11 Å². The molecule has 0 heterocycles. The zero-order valence-electron chi connectivity index (χ0n) is 11.6. The van der Waals surface area contributed by atoms with Crippen LogP contribution >= 0.6 is 0 Å². The molecule has 0 aliphatic heterocycles. The third kappa shape index (κ3) is 3.85. The van der Waals surface area contributed by atoms with Gasteiger partial charge in [0.15, 0.2) is 0 Å². The first-order valence-corrected chi connectivity index (χ1v) is 6.80. The minimum absolute atomic E-state index is 0.112. The highest BCUT2D eigenvalue weighted by atomic mass is 16.4. The van der Waals surface area contributed by atoms with E-state index in [0.29, 0.717) is 0 Å². The summed E-state index contributed by atoms with van der Waals surface area (Å²) in [6.07, 6.45) is 6.47. The number of nitrogens with zero attached hydrogens (tertiary/aromatic N) is 1. The summed E-state index contributed by atoms with van der Waals surface area (Å²) in [6.45, 7) is 4.87. The number of aliphatic hydroxyl groups excluding tert-OH is 1. The van der Waals surface area contributed by atoms with Gasteiger partial charge in [-0.2, -0.15) is 0 Å². The second kappa shape index (κ2) is 6.38. The number of rotatable bonds is 6. The summed E-state index contributed by atoms with van der Waals surface area (Å²) in [5.41, 5.74) is 5.22. The van der Waals surface area contributed by atoms with Gasteiger partial charge in [0.05, 0.1) is 6.61 Å². The quantitative estimate of drug-likeness (QED) is 0.251. The second-order valence-corrected chi connectivity index (χ2v) is 6.05. The van der Waals surface area contributed by atoms with E-state index in [1.54, 1.807) is 0 Å². The van der Waals surface area contributed by atoms with Crippen LogP contribution in [0, 0.1) is 5.41 Å². The Balaban J connectivity index is 2.44. The van der Waals surface area contributed by atoms with Gasteiger partial charge in [-0.1, -0.05) is 38.3 Å². The van der Waals surface area contributed by atoms with Gasteiger partial charge in [-0.3, -0.25) is 0 Å². The van der Waals surface area contributed by atoms with Crippen LogP contribution in [0.3, 0.4) is 0 Å². The summed E-state index contributed by atoms with van der Waals surface area (Å²) in [6, 6.07) is 0. The first-order chi connectivity index (χ1) is 8.46. The fourth-order valence-corrected chi connectivity index (χ4v) is 2.52. The maximum atomic E-state index is 9.58. The number of nitrogens with two attached hydrogens (primary N) is 1. The standard InChI is InChI=1S/C13H27N3O2/c1-12(2,11(14)16-18)8-9-15-13(10-17)6-4-3-5-7-13/h15,17-18H,3-10H2,1-2H3,(H2,14,16). The Morgan fingerprint density at radius 3 is 2.44 bits per heavy atom. The Morgan fingerprint density at radius 1 is 1.33 bits per heavy atom. The molecule has 0 amide bonds. The third-order valence-corrected chi connectivity index (χ3v) is 4.16. The van der Waals surface area contributed by atoms with Crippen molar-refractivity contribution >= 4 is 5.84 Å². The summed E-state index contributed by atoms with van der Waals surface area (Å²) in [5.74, 6) is 0.256. The zero-order valence-corrected chi connectivity index (χ0v) is 11.6. The topological polar surface area (TPSA) is 90.9 Å². The van der Waals surface area contributed by atoms with Gasteiger partial charge >= 0.3 is 0 Å². The Kier molecular flexibility index (Phi) is 5.41. The molecule has 0 saturated heterocycles. The van der Waals surface area contributed by atoms with E-state index in [1.807, 2.05) is 13.8 Å². The molecule has 5 nitrogen and oxygen atoms in total. The van der Waals surface area contributed by atoms with E-state index in [2.05, 4.69) is 10.5 Å². The Morgan fingerprint density at radius 2 is 1.94 bits per heavy atom. The number of hydrogen-bond acceptors (Lipinski definition) is 4. The van der Waals surface area contributed by atoms with Crippen molar-refractivity contribution in [1.82, 2.24) is 5.32 Å². The molecule has 1 aliphatic carbocycles. The lowest BCUT2D eigenvalue weighted by Crippen LogP contribution is -2.51. The van der Waals surface area contributed by atoms with Gasteiger partial charge in [0.1, 0.15) is 5.84 Å². The van der Waals surface area contributed by atoms with Crippen LogP contribution in [-0.4, -0.2) is 34.8 Å². The van der Waals surface area contributed by atoms with Crippen LogP contribution in [-0.2, 0) is 0 Å². The lowest BCUT2D eigenvalue weighted by Gasteiger charge is -2.37. The average Bonchev–Trinajstić information content (AvgIpc) is 2.38. The van der Waals surface area contributed by atoms with Crippen LogP contribution in [0.25, 0.3) is 0 Å². The first-order valence-electron chi connectivity index (χ1n) is 6.80. The van der Waals surface area contributed by atoms with Crippen molar-refractivity contribution in [3.63, 3.8) is 0 Å². The zero-order chi connectivity index (χ0) is 13.6. The fourth-order valence-electron chi connectivity index (χ4n) is 2.52. The van der Waals surface area contributed by atoms with Crippen molar-refractivity contribution < 1.29 is 10.3 Å². The highest BCUT2D eigenvalue weighted by molar-refractivity contribution is 5.85. The maximum Gasteiger partial charge on any atom is 0.144 e. The van der Waals surface area contributed by atoms with E-state index in [4.69, 9.17) is 10.9 Å². The molecule has 1 rings (SSSR count). The van der Waals surface area contributed by atoms with Crippen molar-refractivity contribution in [2.75, 3.05) is 13.2 Å². The molecule has 5 heteroatoms. The van der Waals surface area contributed by atoms with Gasteiger partial charge in [0.2, 0.25) is 0 Å². The van der Waals surface area contributed by atoms with Crippen LogP contribution in [0.2, 0.25) is 0 Å². The molecule has 18 heavy (non-hydrogen) atoms. The third-order valence-electron chi connectivity index (χ3n) is 4.16. The fraction of sp³-hybridized carbons (Fsp3) is 0.923. The smallest absolute Gasteiger partial charge is 0.144 e. The highest BCUT2D eigenvalue weighted by Crippen LogP contribution is 2.28. The summed E-state index contributed by atoms with van der Waals surface area (Å²) >= 11 is 0. The molecule has 0 aromatic rings. The first kappa shape index (κ1) is 15.2. The lowest BCUT2D eigenvalue weighted by atomic mass is 9.81. The van der Waals surface area contributed by atoms with Gasteiger partial charge in [-0.15, -0.1) is 0 Å². The molecule has 106 valence electrons. The molecular formula is C13H27N3O2. The number of amidine groups is 1. The Labute approximate surface area is 109 Å². The van der Waals surface area contributed by atoms with Gasteiger partial charge in [-0.05, 0) is 25.8 Å². The molecule has 0 aromatic heterocycles. The van der Waals surface area contributed by atoms with Crippen LogP contribution in [0.4, 0.5) is 0 Å². The molecule has 0 unspecified atom stereocenters. The van der Waals surface area contributed by atoms with Crippen LogP contribution in [0.15, 0.2) is 5.16 Å². The molecule has 0 atom stereocenters. The van der Waals surface area contributed by atoms with E-state index in [-0.39, 0.29) is 23.4 Å². The van der Waals surface area contributed by atoms with Crippen molar-refractivity contribution in [3.8, 4) is 0 Å². The van der Waals surface area contributed by atoms with Crippen molar-refractivity contribution in [1.29, 1.82) is 0 Å². The number of aliphatic hydroxyl groups is 1. The monoisotopic (exact) mass is 257 g/mol. The minimum atomic E-state index is -0.326. The number of nitrogens with one attached hydrogen (secondary N) is 1. The van der Waals surface area contributed by atoms with Gasteiger partial charge in [0.25, 0.3) is 0 Å². The SMILES string of the molecule is CC(C)(CCNC1(CO)CCCCC1)C(N)=NO. The summed E-state index contributed by atoms with van der Waals surface area (Å²) in [5, 5.41) is 24.9. The van der Waals surface area contributed by atoms with E-state index in [0.717, 1.165) is 25.8 Å². The number of oxime groups is 1. The molecule has 5 N–H and O–H groups in total. The van der Waals surface area contributed by atoms with Crippen molar-refractivity contribution in [2.24, 2.45) is 16.3 Å². The predicted molar refractivity (Wildman–Crippen MR) is 72.7 cm³/mol. The second-order valence-electron chi connectivity index (χ2n) is 6.05. The van der Waals surface area contributed by atoms with Crippen LogP contribution < -0.4 is 11.1 Å². The van der Waals surface area contributed by atoms with Gasteiger partial charge < -0.3 is 21.4 Å². The molecule has 1 fully saturated rings. The van der Waals surface area contributed by atoms with Crippen molar-refractivity contribution in [2.45, 2.75) is 57.9 Å². The molecule has 1 saturated carbocycles. The van der Waals surface area contributed by atoms with Crippen LogP contribution in [0.1, 0.15) is 52.4 Å². The summed E-state index contributed by atoms with van der Waals surface area (Å²) in [7, 11) is 0. The van der Waals surface area contributed by atoms with E-state index in [1.165, 1.54) is 19.3 Å². The summed E-state index contributed by atoms with van der Waals surface area (Å²) < 4.78 is 0. The van der Waals surface area contributed by atoms with E-state index < -0.39 is 0 Å². The molecule has 1 aliphatic rings. The van der Waals surface area contributed by atoms with E-state index >= 15 is 0 Å². The van der Waals surface area contributed by atoms with Gasteiger partial charge in [0, 0.05) is 11.0 Å². The summed E-state index contributed by atoms with van der Waals surface area (Å²) in [4.78, 5) is 0. The average molecular weight is 257 g/mol. The van der Waals surface area contributed by atoms with Crippen molar-refractivity contribution in [3.05, 3.63) is 0 Å². The highest BCUT2D eigenvalue weighted by Gasteiger charge is 2.31. The molecule has 0 radical (unpaired) electrons. The van der Waals surface area contributed by atoms with Gasteiger partial charge in [-0.25, -0.2) is 0 Å². The molecule has 0 aromatic carbocycles. The molecule has 0 bridgehead atoms. The maximum absolute atomic E-state index is 9.58. The molecule has 0 spiro atoms. The molecular weight excluding hydrogens is 230 g/mol. The Hall–Kier alpha value is -0.810. The largest absolute Gasteiger partial charge is 0.409 e. The minimum Gasteiger partial charge on any atom is -0.409 e. The Bertz CT molecular complexity index is 284. The number of hydrogen-bond donors (Lipinski definition) is 4. The van der Waals surface area contributed by atoms with Crippen LogP contribution in [0.5, 0.6) is 0 Å². The normalized spacial score (nSPS) is 20.9.